The van der Waals surface area contributed by atoms with Crippen LogP contribution in [0.15, 0.2) is 23.3 Å². The second-order valence-corrected chi connectivity index (χ2v) is 11.1. The lowest BCUT2D eigenvalue weighted by molar-refractivity contribution is 0.00406. The van der Waals surface area contributed by atoms with Crippen LogP contribution < -0.4 is 0 Å². The van der Waals surface area contributed by atoms with Crippen LogP contribution in [0.2, 0.25) is 0 Å². The molecule has 30 heavy (non-hydrogen) atoms. The van der Waals surface area contributed by atoms with Gasteiger partial charge >= 0.3 is 0 Å². The molecule has 0 amide bonds. The molecule has 0 aromatic heterocycles. The van der Waals surface area contributed by atoms with Gasteiger partial charge in [0, 0.05) is 12.3 Å². The van der Waals surface area contributed by atoms with Crippen LogP contribution in [-0.2, 0) is 0 Å². The Morgan fingerprint density at radius 3 is 2.47 bits per heavy atom. The third-order valence-electron chi connectivity index (χ3n) is 8.23. The van der Waals surface area contributed by atoms with Crippen molar-refractivity contribution in [3.8, 4) is 11.8 Å². The topological polar surface area (TPSA) is 60.7 Å². The summed E-state index contributed by atoms with van der Waals surface area (Å²) in [6.07, 6.45) is 12.1. The van der Waals surface area contributed by atoms with Crippen LogP contribution >= 0.6 is 0 Å². The molecule has 3 fully saturated rings. The standard InChI is InChI=1S/C27H42O3/c1-18(8-6-14-26(3,4)30)22-12-13-23-21(9-7-15-27(22,23)5)11-10-20-16-24(28)19(2)25(29)17-20/h10-11,18-19,22-25,28-30H,7-9,12-13,15-17H2,1-5H3/b20-10?,21-11+/t18-,19?,22-,23-,24-,25-,27-/m1/s1. The first-order valence-corrected chi connectivity index (χ1v) is 12.0. The minimum Gasteiger partial charge on any atom is -0.392 e. The maximum Gasteiger partial charge on any atom is 0.119 e. The summed E-state index contributed by atoms with van der Waals surface area (Å²) in [7, 11) is 0. The van der Waals surface area contributed by atoms with Gasteiger partial charge in [-0.05, 0) is 82.0 Å². The lowest BCUT2D eigenvalue weighted by atomic mass is 9.61. The summed E-state index contributed by atoms with van der Waals surface area (Å²) in [4.78, 5) is 0. The van der Waals surface area contributed by atoms with Crippen molar-refractivity contribution in [2.45, 2.75) is 104 Å². The molecule has 3 nitrogen and oxygen atoms in total. The van der Waals surface area contributed by atoms with Crippen LogP contribution in [0.5, 0.6) is 0 Å². The van der Waals surface area contributed by atoms with Gasteiger partial charge in [-0.1, -0.05) is 50.0 Å². The molecule has 168 valence electrons. The molecule has 0 aliphatic heterocycles. The van der Waals surface area contributed by atoms with Crippen molar-refractivity contribution in [1.29, 1.82) is 0 Å². The molecule has 3 aliphatic carbocycles. The van der Waals surface area contributed by atoms with Crippen LogP contribution in [0.4, 0.5) is 0 Å². The highest BCUT2D eigenvalue weighted by Crippen LogP contribution is 2.59. The quantitative estimate of drug-likeness (QED) is 0.569. The van der Waals surface area contributed by atoms with Crippen molar-refractivity contribution in [2.75, 3.05) is 0 Å². The molecule has 0 radical (unpaired) electrons. The first-order valence-electron chi connectivity index (χ1n) is 12.0. The summed E-state index contributed by atoms with van der Waals surface area (Å²) in [6.45, 7) is 10.3. The Hall–Kier alpha value is -1.08. The van der Waals surface area contributed by atoms with Gasteiger partial charge in [-0.15, -0.1) is 5.92 Å². The first-order chi connectivity index (χ1) is 14.0. The van der Waals surface area contributed by atoms with Crippen LogP contribution in [0, 0.1) is 40.9 Å². The average molecular weight is 415 g/mol. The molecule has 3 N–H and O–H groups in total. The Morgan fingerprint density at radius 2 is 1.83 bits per heavy atom. The molecule has 0 heterocycles. The zero-order chi connectivity index (χ0) is 22.1. The van der Waals surface area contributed by atoms with Gasteiger partial charge in [0.25, 0.3) is 0 Å². The van der Waals surface area contributed by atoms with E-state index in [-0.39, 0.29) is 5.92 Å². The van der Waals surface area contributed by atoms with Gasteiger partial charge < -0.3 is 15.3 Å². The molecule has 0 aromatic carbocycles. The van der Waals surface area contributed by atoms with Crippen molar-refractivity contribution >= 4 is 0 Å². The number of hydrogen-bond acceptors (Lipinski definition) is 3. The number of rotatable bonds is 3. The van der Waals surface area contributed by atoms with Crippen LogP contribution in [0.1, 0.15) is 86.0 Å². The van der Waals surface area contributed by atoms with Crippen LogP contribution in [0.25, 0.3) is 0 Å². The second-order valence-electron chi connectivity index (χ2n) is 11.1. The van der Waals surface area contributed by atoms with Gasteiger partial charge in [0.05, 0.1) is 12.2 Å². The van der Waals surface area contributed by atoms with E-state index in [1.165, 1.54) is 37.7 Å². The van der Waals surface area contributed by atoms with E-state index in [9.17, 15) is 15.3 Å². The van der Waals surface area contributed by atoms with E-state index < -0.39 is 17.8 Å². The molecular weight excluding hydrogens is 372 g/mol. The number of allylic oxidation sites excluding steroid dienone is 3. The normalized spacial score (nSPS) is 39.3. The smallest absolute Gasteiger partial charge is 0.119 e. The van der Waals surface area contributed by atoms with E-state index in [1.54, 1.807) is 19.4 Å². The van der Waals surface area contributed by atoms with Gasteiger partial charge in [-0.2, -0.15) is 0 Å². The van der Waals surface area contributed by atoms with E-state index in [0.29, 0.717) is 36.0 Å². The fourth-order valence-electron chi connectivity index (χ4n) is 6.39. The molecule has 3 rings (SSSR count). The van der Waals surface area contributed by atoms with Crippen molar-refractivity contribution in [3.05, 3.63) is 23.3 Å². The Balaban J connectivity index is 1.72. The zero-order valence-corrected chi connectivity index (χ0v) is 19.6. The Labute approximate surface area is 183 Å². The molecule has 3 aliphatic rings. The molecule has 0 aromatic rings. The summed E-state index contributed by atoms with van der Waals surface area (Å²) in [5.41, 5.74) is 2.17. The highest BCUT2D eigenvalue weighted by atomic mass is 16.3. The summed E-state index contributed by atoms with van der Waals surface area (Å²) in [5.74, 6) is 8.03. The van der Waals surface area contributed by atoms with Gasteiger partial charge in [0.1, 0.15) is 5.60 Å². The van der Waals surface area contributed by atoms with E-state index >= 15 is 0 Å². The number of aliphatic hydroxyl groups excluding tert-OH is 2. The maximum atomic E-state index is 10.2. The molecule has 3 heteroatoms. The Bertz CT molecular complexity index is 717. The molecule has 0 saturated heterocycles. The summed E-state index contributed by atoms with van der Waals surface area (Å²) >= 11 is 0. The van der Waals surface area contributed by atoms with Crippen molar-refractivity contribution in [2.24, 2.45) is 29.1 Å². The monoisotopic (exact) mass is 414 g/mol. The minimum atomic E-state index is -0.909. The number of hydrogen-bond donors (Lipinski definition) is 3. The molecule has 3 saturated carbocycles. The largest absolute Gasteiger partial charge is 0.392 e. The maximum absolute atomic E-state index is 10.2. The molecule has 0 bridgehead atoms. The Morgan fingerprint density at radius 1 is 1.17 bits per heavy atom. The number of fused-ring (bicyclic) bond motifs is 1. The highest BCUT2D eigenvalue weighted by Gasteiger charge is 2.50. The highest BCUT2D eigenvalue weighted by molar-refractivity contribution is 5.26. The fraction of sp³-hybridized carbons (Fsp3) is 0.778. The van der Waals surface area contributed by atoms with Crippen molar-refractivity contribution in [3.63, 3.8) is 0 Å². The Kier molecular flexibility index (Phi) is 7.22. The fourth-order valence-corrected chi connectivity index (χ4v) is 6.39. The molecule has 0 spiro atoms. The van der Waals surface area contributed by atoms with E-state index in [0.717, 1.165) is 6.42 Å². The van der Waals surface area contributed by atoms with Gasteiger partial charge in [0.15, 0.2) is 0 Å². The molecule has 0 unspecified atom stereocenters. The minimum absolute atomic E-state index is 0.0376. The van der Waals surface area contributed by atoms with E-state index in [1.807, 2.05) is 6.92 Å². The van der Waals surface area contributed by atoms with Crippen LogP contribution in [-0.4, -0.2) is 33.1 Å². The van der Waals surface area contributed by atoms with Crippen LogP contribution in [0.3, 0.4) is 0 Å². The number of aliphatic hydroxyl groups is 3. The van der Waals surface area contributed by atoms with Gasteiger partial charge in [0.2, 0.25) is 0 Å². The van der Waals surface area contributed by atoms with Gasteiger partial charge in [-0.25, -0.2) is 0 Å². The zero-order valence-electron chi connectivity index (χ0n) is 19.6. The first kappa shape index (κ1) is 23.6. The summed E-state index contributed by atoms with van der Waals surface area (Å²) in [6, 6.07) is 0. The van der Waals surface area contributed by atoms with Crippen molar-refractivity contribution < 1.29 is 15.3 Å². The predicted molar refractivity (Wildman–Crippen MR) is 123 cm³/mol. The summed E-state index contributed by atoms with van der Waals surface area (Å²) in [5, 5.41) is 30.3. The van der Waals surface area contributed by atoms with E-state index in [2.05, 4.69) is 37.8 Å². The lowest BCUT2D eigenvalue weighted by Gasteiger charge is -2.44. The lowest BCUT2D eigenvalue weighted by Crippen LogP contribution is -2.36. The summed E-state index contributed by atoms with van der Waals surface area (Å²) < 4.78 is 0. The molecular formula is C27H42O3. The predicted octanol–water partition coefficient (Wildman–Crippen LogP) is 5.01. The SMILES string of the molecule is CC1[C@H](O)CC(=C/C=C2\CCC[C@@]3(C)[C@@H]2CC[C@@H]3[C@H](C)CC#CC(C)(C)O)C[C@H]1O. The third kappa shape index (κ3) is 5.21. The van der Waals surface area contributed by atoms with Gasteiger partial charge in [-0.3, -0.25) is 0 Å². The third-order valence-corrected chi connectivity index (χ3v) is 8.23. The second kappa shape index (κ2) is 9.19. The molecule has 6 atom stereocenters. The van der Waals surface area contributed by atoms with E-state index in [4.69, 9.17) is 0 Å². The van der Waals surface area contributed by atoms with Crippen molar-refractivity contribution in [1.82, 2.24) is 0 Å². The average Bonchev–Trinajstić information content (AvgIpc) is 3.00.